The van der Waals surface area contributed by atoms with Crippen molar-refractivity contribution in [2.24, 2.45) is 5.92 Å². The quantitative estimate of drug-likeness (QED) is 0.649. The number of aromatic nitrogens is 3. The Morgan fingerprint density at radius 2 is 1.88 bits per heavy atom. The molecule has 0 unspecified atom stereocenters. The largest absolute Gasteiger partial charge is 0.356 e. The lowest BCUT2D eigenvalue weighted by atomic mass is 10.0. The van der Waals surface area contributed by atoms with Gasteiger partial charge in [0, 0.05) is 50.5 Å². The van der Waals surface area contributed by atoms with Gasteiger partial charge in [-0.1, -0.05) is 30.3 Å². The first-order valence-electron chi connectivity index (χ1n) is 11.4. The van der Waals surface area contributed by atoms with Gasteiger partial charge in [0.2, 0.25) is 5.91 Å². The number of hydrogen-bond acceptors (Lipinski definition) is 5. The number of benzene rings is 1. The number of anilines is 1. The number of carbonyl (C=O) groups is 2. The number of hydrogen-bond donors (Lipinski definition) is 1. The number of fused-ring (bicyclic) bond motifs is 1. The Hall–Kier alpha value is -3.22. The van der Waals surface area contributed by atoms with Crippen LogP contribution in [0, 0.1) is 12.8 Å². The lowest BCUT2D eigenvalue weighted by molar-refractivity contribution is -0.120. The van der Waals surface area contributed by atoms with Gasteiger partial charge >= 0.3 is 0 Å². The molecule has 0 radical (unpaired) electrons. The minimum atomic E-state index is 0.0205. The zero-order chi connectivity index (χ0) is 22.2. The Kier molecular flexibility index (Phi) is 5.41. The van der Waals surface area contributed by atoms with Crippen molar-refractivity contribution in [1.82, 2.24) is 19.9 Å². The lowest BCUT2D eigenvalue weighted by Gasteiger charge is -2.33. The van der Waals surface area contributed by atoms with E-state index in [2.05, 4.69) is 27.4 Å². The Morgan fingerprint density at radius 1 is 1.12 bits per heavy atom. The van der Waals surface area contributed by atoms with Crippen molar-refractivity contribution < 1.29 is 9.59 Å². The zero-order valence-electron chi connectivity index (χ0n) is 18.6. The monoisotopic (exact) mass is 431 g/mol. The number of piperidine rings is 1. The fraction of sp³-hybridized carbons (Fsp3) is 0.440. The summed E-state index contributed by atoms with van der Waals surface area (Å²) in [6.45, 7) is 5.18. The van der Waals surface area contributed by atoms with Crippen LogP contribution in [0.2, 0.25) is 0 Å². The maximum atomic E-state index is 13.0. The summed E-state index contributed by atoms with van der Waals surface area (Å²) in [5.74, 6) is 1.70. The Bertz CT molecular complexity index is 1150. The van der Waals surface area contributed by atoms with Crippen LogP contribution < -0.4 is 10.2 Å². The van der Waals surface area contributed by atoms with Gasteiger partial charge in [-0.25, -0.2) is 4.98 Å². The van der Waals surface area contributed by atoms with Crippen LogP contribution in [0.4, 0.5) is 5.82 Å². The van der Waals surface area contributed by atoms with Crippen molar-refractivity contribution in [3.05, 3.63) is 59.4 Å². The van der Waals surface area contributed by atoms with E-state index >= 15 is 0 Å². The second-order valence-electron chi connectivity index (χ2n) is 9.13. The van der Waals surface area contributed by atoms with E-state index in [1.807, 2.05) is 41.8 Å². The standard InChI is InChI=1S/C25H29N5O2/c1-16-12-24-27-20(13-23(32)22-15-21(22)18-6-4-3-5-7-18)14-25(30(24)28-16)29-10-8-19(9-11-29)26-17(2)31/h3-7,12,14,19,21-22H,8-11,13,15H2,1-2H3,(H,26,31)/t21-,22+/m0/s1. The summed E-state index contributed by atoms with van der Waals surface area (Å²) >= 11 is 0. The molecule has 166 valence electrons. The molecule has 2 aromatic heterocycles. The highest BCUT2D eigenvalue weighted by Crippen LogP contribution is 2.48. The number of rotatable bonds is 6. The summed E-state index contributed by atoms with van der Waals surface area (Å²) in [7, 11) is 0. The first-order chi connectivity index (χ1) is 15.5. The second kappa shape index (κ2) is 8.37. The summed E-state index contributed by atoms with van der Waals surface area (Å²) in [5.41, 5.74) is 3.74. The van der Waals surface area contributed by atoms with Crippen LogP contribution in [0.15, 0.2) is 42.5 Å². The van der Waals surface area contributed by atoms with Gasteiger partial charge in [0.25, 0.3) is 0 Å². The lowest BCUT2D eigenvalue weighted by Crippen LogP contribution is -2.44. The molecule has 1 saturated heterocycles. The smallest absolute Gasteiger partial charge is 0.217 e. The second-order valence-corrected chi connectivity index (χ2v) is 9.13. The summed E-state index contributed by atoms with van der Waals surface area (Å²) in [5, 5.41) is 7.66. The maximum Gasteiger partial charge on any atom is 0.217 e. The normalized spacial score (nSPS) is 21.0. The Morgan fingerprint density at radius 3 is 2.59 bits per heavy atom. The van der Waals surface area contributed by atoms with Crippen molar-refractivity contribution in [3.63, 3.8) is 0 Å². The van der Waals surface area contributed by atoms with Gasteiger partial charge in [0.05, 0.1) is 11.4 Å². The topological polar surface area (TPSA) is 79.6 Å². The fourth-order valence-electron chi connectivity index (χ4n) is 4.91. The predicted molar refractivity (Wildman–Crippen MR) is 123 cm³/mol. The van der Waals surface area contributed by atoms with E-state index in [0.717, 1.165) is 55.2 Å². The molecule has 32 heavy (non-hydrogen) atoms. The number of nitrogens with one attached hydrogen (secondary N) is 1. The van der Waals surface area contributed by atoms with Crippen molar-refractivity contribution >= 4 is 23.2 Å². The first kappa shape index (κ1) is 20.7. The number of Topliss-reactive ketones (excluding diaryl/α,β-unsaturated/α-hetero) is 1. The summed E-state index contributed by atoms with van der Waals surface area (Å²) in [4.78, 5) is 31.4. The van der Waals surface area contributed by atoms with Crippen LogP contribution in [0.5, 0.6) is 0 Å². The van der Waals surface area contributed by atoms with E-state index in [9.17, 15) is 9.59 Å². The molecule has 1 saturated carbocycles. The third kappa shape index (κ3) is 4.24. The van der Waals surface area contributed by atoms with Gasteiger partial charge in [-0.15, -0.1) is 0 Å². The van der Waals surface area contributed by atoms with Crippen molar-refractivity contribution in [3.8, 4) is 0 Å². The van der Waals surface area contributed by atoms with E-state index < -0.39 is 0 Å². The van der Waals surface area contributed by atoms with Crippen LogP contribution >= 0.6 is 0 Å². The van der Waals surface area contributed by atoms with Gasteiger partial charge in [-0.2, -0.15) is 9.61 Å². The minimum absolute atomic E-state index is 0.0205. The van der Waals surface area contributed by atoms with Gasteiger partial charge in [0.1, 0.15) is 11.6 Å². The molecule has 3 heterocycles. The average molecular weight is 432 g/mol. The summed E-state index contributed by atoms with van der Waals surface area (Å²) in [6, 6.07) is 14.5. The number of amides is 1. The van der Waals surface area contributed by atoms with E-state index in [0.29, 0.717) is 12.3 Å². The molecular formula is C25H29N5O2. The molecule has 2 aliphatic rings. The molecule has 7 nitrogen and oxygen atoms in total. The van der Waals surface area contributed by atoms with Crippen LogP contribution in [0.3, 0.4) is 0 Å². The number of nitrogens with zero attached hydrogens (tertiary/aromatic N) is 4. The highest BCUT2D eigenvalue weighted by Gasteiger charge is 2.43. The molecule has 0 bridgehead atoms. The number of carbonyl (C=O) groups excluding carboxylic acids is 2. The SMILES string of the molecule is CC(=O)NC1CCN(c2cc(CC(=O)[C@@H]3C[C@H]3c3ccccc3)nc3cc(C)nn23)CC1. The molecule has 1 N–H and O–H groups in total. The van der Waals surface area contributed by atoms with Crippen LogP contribution in [-0.4, -0.2) is 45.4 Å². The maximum absolute atomic E-state index is 13.0. The van der Waals surface area contributed by atoms with Gasteiger partial charge in [-0.05, 0) is 37.7 Å². The molecule has 5 rings (SSSR count). The molecule has 1 aliphatic heterocycles. The number of aryl methyl sites for hydroxylation is 1. The number of ketones is 1. The van der Waals surface area contributed by atoms with Crippen LogP contribution in [-0.2, 0) is 16.0 Å². The summed E-state index contributed by atoms with van der Waals surface area (Å²) in [6.07, 6.45) is 3.06. The molecule has 1 aromatic carbocycles. The predicted octanol–water partition coefficient (Wildman–Crippen LogP) is 3.06. The Balaban J connectivity index is 1.34. The molecular weight excluding hydrogens is 402 g/mol. The third-order valence-electron chi connectivity index (χ3n) is 6.60. The highest BCUT2D eigenvalue weighted by atomic mass is 16.1. The van der Waals surface area contributed by atoms with Gasteiger partial charge in [-0.3, -0.25) is 9.59 Å². The minimum Gasteiger partial charge on any atom is -0.356 e. The van der Waals surface area contributed by atoms with Crippen molar-refractivity contribution in [2.45, 2.75) is 51.5 Å². The molecule has 1 aliphatic carbocycles. The highest BCUT2D eigenvalue weighted by molar-refractivity contribution is 5.87. The summed E-state index contributed by atoms with van der Waals surface area (Å²) < 4.78 is 1.88. The van der Waals surface area contributed by atoms with Crippen molar-refractivity contribution in [1.29, 1.82) is 0 Å². The van der Waals surface area contributed by atoms with Gasteiger partial charge < -0.3 is 10.2 Å². The van der Waals surface area contributed by atoms with E-state index in [1.165, 1.54) is 5.56 Å². The van der Waals surface area contributed by atoms with E-state index in [4.69, 9.17) is 4.98 Å². The van der Waals surface area contributed by atoms with Crippen LogP contribution in [0.1, 0.15) is 49.1 Å². The third-order valence-corrected chi connectivity index (χ3v) is 6.60. The molecule has 3 aromatic rings. The molecule has 1 amide bonds. The van der Waals surface area contributed by atoms with E-state index in [1.54, 1.807) is 6.92 Å². The molecule has 2 fully saturated rings. The fourth-order valence-corrected chi connectivity index (χ4v) is 4.91. The van der Waals surface area contributed by atoms with Crippen LogP contribution in [0.25, 0.3) is 5.65 Å². The van der Waals surface area contributed by atoms with Crippen molar-refractivity contribution in [2.75, 3.05) is 18.0 Å². The first-order valence-corrected chi connectivity index (χ1v) is 11.4. The molecule has 0 spiro atoms. The Labute approximate surface area is 187 Å². The van der Waals surface area contributed by atoms with E-state index in [-0.39, 0.29) is 23.7 Å². The van der Waals surface area contributed by atoms with Gasteiger partial charge in [0.15, 0.2) is 5.65 Å². The molecule has 7 heteroatoms. The molecule has 2 atom stereocenters. The average Bonchev–Trinajstić information content (AvgIpc) is 3.49. The zero-order valence-corrected chi connectivity index (χ0v) is 18.6.